The first-order chi connectivity index (χ1) is 14.0. The van der Waals surface area contributed by atoms with Gasteiger partial charge in [0.25, 0.3) is 5.91 Å². The number of hydrogen-bond donors (Lipinski definition) is 1. The molecule has 3 aromatic rings. The van der Waals surface area contributed by atoms with Crippen molar-refractivity contribution in [1.29, 1.82) is 0 Å². The highest BCUT2D eigenvalue weighted by molar-refractivity contribution is 6.02. The van der Waals surface area contributed by atoms with Crippen molar-refractivity contribution in [1.82, 2.24) is 19.8 Å². The number of amides is 1. The molecule has 2 heterocycles. The summed E-state index contributed by atoms with van der Waals surface area (Å²) in [5, 5.41) is 11.0. The topological polar surface area (TPSA) is 85.4 Å². The second-order valence-corrected chi connectivity index (χ2v) is 6.70. The van der Waals surface area contributed by atoms with Crippen LogP contribution in [-0.4, -0.2) is 52.0 Å². The summed E-state index contributed by atoms with van der Waals surface area (Å²) < 4.78 is 12.7. The normalized spacial score (nSPS) is 11.1. The maximum Gasteiger partial charge on any atom is 0.294 e. The van der Waals surface area contributed by atoms with E-state index in [0.717, 1.165) is 36.6 Å². The van der Waals surface area contributed by atoms with Gasteiger partial charge in [0.15, 0.2) is 0 Å². The summed E-state index contributed by atoms with van der Waals surface area (Å²) in [4.78, 5) is 14.7. The number of anilines is 1. The van der Waals surface area contributed by atoms with E-state index >= 15 is 0 Å². The highest BCUT2D eigenvalue weighted by Gasteiger charge is 2.17. The third-order valence-electron chi connectivity index (χ3n) is 4.93. The van der Waals surface area contributed by atoms with Gasteiger partial charge in [-0.3, -0.25) is 9.48 Å². The average molecular weight is 397 g/mol. The standard InChI is InChI=1S/C21H27N5O3/c1-5-26(6-2)11-12-28-17-9-7-16(8-10-17)23-21(27)20-13-19(24-29-20)18-14-22-25(4)15(18)3/h7-10,13-14H,5-6,11-12H2,1-4H3,(H,23,27). The van der Waals surface area contributed by atoms with Gasteiger partial charge in [-0.05, 0) is 44.3 Å². The van der Waals surface area contributed by atoms with Crippen molar-refractivity contribution >= 4 is 11.6 Å². The average Bonchev–Trinajstić information content (AvgIpc) is 3.34. The summed E-state index contributed by atoms with van der Waals surface area (Å²) in [5.74, 6) is 0.549. The molecule has 8 nitrogen and oxygen atoms in total. The summed E-state index contributed by atoms with van der Waals surface area (Å²) in [6.07, 6.45) is 1.70. The molecule has 1 N–H and O–H groups in total. The SMILES string of the molecule is CCN(CC)CCOc1ccc(NC(=O)c2cc(-c3cnn(C)c3C)no2)cc1. The molecular formula is C21H27N5O3. The van der Waals surface area contributed by atoms with E-state index < -0.39 is 0 Å². The molecular weight excluding hydrogens is 370 g/mol. The highest BCUT2D eigenvalue weighted by Crippen LogP contribution is 2.23. The molecule has 2 aromatic heterocycles. The summed E-state index contributed by atoms with van der Waals surface area (Å²) in [6.45, 7) is 9.73. The summed E-state index contributed by atoms with van der Waals surface area (Å²) in [5.41, 5.74) is 3.02. The molecule has 8 heteroatoms. The zero-order valence-electron chi connectivity index (χ0n) is 17.3. The third kappa shape index (κ3) is 5.03. The van der Waals surface area contributed by atoms with Gasteiger partial charge < -0.3 is 19.5 Å². The molecule has 0 aliphatic heterocycles. The van der Waals surface area contributed by atoms with Gasteiger partial charge in [0.05, 0.1) is 6.20 Å². The summed E-state index contributed by atoms with van der Waals surface area (Å²) in [7, 11) is 1.85. The van der Waals surface area contributed by atoms with Gasteiger partial charge in [-0.15, -0.1) is 0 Å². The van der Waals surface area contributed by atoms with E-state index in [2.05, 4.69) is 34.3 Å². The molecule has 0 atom stereocenters. The first-order valence-electron chi connectivity index (χ1n) is 9.74. The van der Waals surface area contributed by atoms with Crippen LogP contribution in [0.2, 0.25) is 0 Å². The van der Waals surface area contributed by atoms with Crippen molar-refractivity contribution in [2.24, 2.45) is 7.05 Å². The van der Waals surface area contributed by atoms with E-state index in [9.17, 15) is 4.79 Å². The fourth-order valence-corrected chi connectivity index (χ4v) is 2.92. The molecule has 0 bridgehead atoms. The molecule has 154 valence electrons. The quantitative estimate of drug-likeness (QED) is 0.596. The number of likely N-dealkylation sites (N-methyl/N-ethyl adjacent to an activating group) is 1. The Bertz CT molecular complexity index is 942. The Labute approximate surface area is 170 Å². The number of rotatable bonds is 9. The third-order valence-corrected chi connectivity index (χ3v) is 4.93. The predicted octanol–water partition coefficient (Wildman–Crippen LogP) is 3.36. The van der Waals surface area contributed by atoms with Crippen LogP contribution in [-0.2, 0) is 7.05 Å². The number of carbonyl (C=O) groups is 1. The van der Waals surface area contributed by atoms with Gasteiger partial charge >= 0.3 is 0 Å². The summed E-state index contributed by atoms with van der Waals surface area (Å²) >= 11 is 0. The fourth-order valence-electron chi connectivity index (χ4n) is 2.92. The Morgan fingerprint density at radius 3 is 2.59 bits per heavy atom. The maximum absolute atomic E-state index is 12.4. The molecule has 0 unspecified atom stereocenters. The van der Waals surface area contributed by atoms with E-state index in [4.69, 9.17) is 9.26 Å². The first kappa shape index (κ1) is 20.6. The molecule has 3 rings (SSSR count). The maximum atomic E-state index is 12.4. The van der Waals surface area contributed by atoms with Crippen molar-refractivity contribution < 1.29 is 14.1 Å². The molecule has 0 spiro atoms. The zero-order valence-corrected chi connectivity index (χ0v) is 17.3. The van der Waals surface area contributed by atoms with Crippen LogP contribution in [0.25, 0.3) is 11.3 Å². The number of nitrogens with one attached hydrogen (secondary N) is 1. The van der Waals surface area contributed by atoms with Gasteiger partial charge in [-0.2, -0.15) is 5.10 Å². The van der Waals surface area contributed by atoms with Crippen molar-refractivity contribution in [3.63, 3.8) is 0 Å². The number of aryl methyl sites for hydroxylation is 1. The smallest absolute Gasteiger partial charge is 0.294 e. The van der Waals surface area contributed by atoms with Crippen molar-refractivity contribution in [2.75, 3.05) is 31.6 Å². The lowest BCUT2D eigenvalue weighted by Gasteiger charge is -2.18. The van der Waals surface area contributed by atoms with Gasteiger partial charge in [-0.25, -0.2) is 0 Å². The summed E-state index contributed by atoms with van der Waals surface area (Å²) in [6, 6.07) is 8.88. The van der Waals surface area contributed by atoms with Crippen molar-refractivity contribution in [3.8, 4) is 17.0 Å². The minimum atomic E-state index is -0.361. The fraction of sp³-hybridized carbons (Fsp3) is 0.381. The molecule has 0 aliphatic rings. The lowest BCUT2D eigenvalue weighted by atomic mass is 10.2. The molecule has 0 fully saturated rings. The van der Waals surface area contributed by atoms with Crippen LogP contribution in [0.15, 0.2) is 41.1 Å². The van der Waals surface area contributed by atoms with Gasteiger partial charge in [-0.1, -0.05) is 19.0 Å². The molecule has 0 radical (unpaired) electrons. The highest BCUT2D eigenvalue weighted by atomic mass is 16.5. The van der Waals surface area contributed by atoms with Crippen LogP contribution in [0.1, 0.15) is 30.1 Å². The molecule has 1 amide bonds. The number of aromatic nitrogens is 3. The van der Waals surface area contributed by atoms with Gasteiger partial charge in [0.2, 0.25) is 5.76 Å². The monoisotopic (exact) mass is 397 g/mol. The lowest BCUT2D eigenvalue weighted by molar-refractivity contribution is 0.0988. The minimum Gasteiger partial charge on any atom is -0.492 e. The molecule has 0 saturated heterocycles. The van der Waals surface area contributed by atoms with Crippen LogP contribution in [0.4, 0.5) is 5.69 Å². The number of hydrogen-bond acceptors (Lipinski definition) is 6. The van der Waals surface area contributed by atoms with E-state index in [0.29, 0.717) is 18.0 Å². The number of ether oxygens (including phenoxy) is 1. The molecule has 29 heavy (non-hydrogen) atoms. The molecule has 1 aromatic carbocycles. The minimum absolute atomic E-state index is 0.141. The Kier molecular flexibility index (Phi) is 6.66. The Balaban J connectivity index is 1.56. The van der Waals surface area contributed by atoms with E-state index in [1.807, 2.05) is 26.1 Å². The Hall–Kier alpha value is -3.13. The molecule has 0 saturated carbocycles. The van der Waals surface area contributed by atoms with Crippen molar-refractivity contribution in [3.05, 3.63) is 48.0 Å². The van der Waals surface area contributed by atoms with Crippen LogP contribution in [0.3, 0.4) is 0 Å². The molecule has 0 aliphatic carbocycles. The Morgan fingerprint density at radius 2 is 1.97 bits per heavy atom. The van der Waals surface area contributed by atoms with E-state index in [-0.39, 0.29) is 11.7 Å². The van der Waals surface area contributed by atoms with Gasteiger partial charge in [0, 0.05) is 36.6 Å². The Morgan fingerprint density at radius 1 is 1.24 bits per heavy atom. The lowest BCUT2D eigenvalue weighted by Crippen LogP contribution is -2.27. The van der Waals surface area contributed by atoms with Crippen LogP contribution >= 0.6 is 0 Å². The number of nitrogens with zero attached hydrogens (tertiary/aromatic N) is 4. The predicted molar refractivity (Wildman–Crippen MR) is 111 cm³/mol. The van der Waals surface area contributed by atoms with Crippen LogP contribution in [0.5, 0.6) is 5.75 Å². The number of carbonyl (C=O) groups excluding carboxylic acids is 1. The van der Waals surface area contributed by atoms with E-state index in [1.165, 1.54) is 0 Å². The number of benzene rings is 1. The van der Waals surface area contributed by atoms with Gasteiger partial charge in [0.1, 0.15) is 18.1 Å². The van der Waals surface area contributed by atoms with E-state index in [1.54, 1.807) is 29.1 Å². The second kappa shape index (κ2) is 9.38. The second-order valence-electron chi connectivity index (χ2n) is 6.70. The first-order valence-corrected chi connectivity index (χ1v) is 9.74. The zero-order chi connectivity index (χ0) is 20.8. The van der Waals surface area contributed by atoms with Crippen LogP contribution < -0.4 is 10.1 Å². The van der Waals surface area contributed by atoms with Crippen molar-refractivity contribution in [2.45, 2.75) is 20.8 Å². The largest absolute Gasteiger partial charge is 0.492 e. The van der Waals surface area contributed by atoms with Crippen LogP contribution in [0, 0.1) is 6.92 Å².